The Kier molecular flexibility index (Phi) is 8.55. The number of halogens is 3. The Hall–Kier alpha value is -1.81. The Bertz CT molecular complexity index is 589. The van der Waals surface area contributed by atoms with Crippen molar-refractivity contribution in [1.82, 2.24) is 5.32 Å². The maximum Gasteiger partial charge on any atom is 0.416 e. The normalized spacial score (nSPS) is 10.9. The smallest absolute Gasteiger partial charge is 0.313 e. The van der Waals surface area contributed by atoms with Crippen LogP contribution in [0.5, 0.6) is 0 Å². The summed E-state index contributed by atoms with van der Waals surface area (Å²) in [6, 6.07) is 13.7. The molecule has 0 radical (unpaired) electrons. The molecule has 0 amide bonds. The minimum atomic E-state index is -4.26. The zero-order chi connectivity index (χ0) is 18.0. The predicted molar refractivity (Wildman–Crippen MR) is 94.0 cm³/mol. The third-order valence-corrected chi connectivity index (χ3v) is 3.51. The van der Waals surface area contributed by atoms with Crippen LogP contribution in [0.4, 0.5) is 13.2 Å². The van der Waals surface area contributed by atoms with E-state index >= 15 is 0 Å². The first kappa shape index (κ1) is 20.2. The van der Waals surface area contributed by atoms with E-state index in [0.29, 0.717) is 6.54 Å². The van der Waals surface area contributed by atoms with Crippen molar-refractivity contribution >= 4 is 0 Å². The molecule has 0 saturated heterocycles. The van der Waals surface area contributed by atoms with E-state index < -0.39 is 11.7 Å². The highest BCUT2D eigenvalue weighted by Gasteiger charge is 2.29. The van der Waals surface area contributed by atoms with Crippen molar-refractivity contribution in [3.05, 3.63) is 70.8 Å². The number of hydrogen-bond acceptors (Lipinski definition) is 1. The summed E-state index contributed by atoms with van der Waals surface area (Å²) in [5, 5.41) is 3.26. The van der Waals surface area contributed by atoms with E-state index in [-0.39, 0.29) is 0 Å². The molecule has 0 unspecified atom stereocenters. The van der Waals surface area contributed by atoms with Crippen molar-refractivity contribution in [1.29, 1.82) is 0 Å². The van der Waals surface area contributed by atoms with Crippen LogP contribution in [-0.4, -0.2) is 6.54 Å². The zero-order valence-electron chi connectivity index (χ0n) is 14.6. The molecule has 0 spiro atoms. The molecule has 2 rings (SSSR count). The van der Waals surface area contributed by atoms with E-state index in [9.17, 15) is 13.2 Å². The third kappa shape index (κ3) is 7.18. The van der Waals surface area contributed by atoms with Gasteiger partial charge in [-0.3, -0.25) is 0 Å². The average molecular weight is 337 g/mol. The molecule has 4 heteroatoms. The minimum absolute atomic E-state index is 0.589. The molecule has 0 aliphatic heterocycles. The Labute approximate surface area is 142 Å². The van der Waals surface area contributed by atoms with Gasteiger partial charge in [-0.15, -0.1) is 0 Å². The quantitative estimate of drug-likeness (QED) is 0.661. The van der Waals surface area contributed by atoms with Crippen molar-refractivity contribution in [2.75, 3.05) is 6.54 Å². The molecule has 1 nitrogen and oxygen atoms in total. The van der Waals surface area contributed by atoms with Gasteiger partial charge < -0.3 is 5.32 Å². The van der Waals surface area contributed by atoms with Gasteiger partial charge in [-0.05, 0) is 49.6 Å². The number of benzene rings is 2. The van der Waals surface area contributed by atoms with Gasteiger partial charge in [0.2, 0.25) is 0 Å². The Balaban J connectivity index is 0.00000139. The van der Waals surface area contributed by atoms with Gasteiger partial charge in [0.25, 0.3) is 0 Å². The summed E-state index contributed by atoms with van der Waals surface area (Å²) in [4.78, 5) is 0. The van der Waals surface area contributed by atoms with Crippen molar-refractivity contribution in [2.24, 2.45) is 0 Å². The second kappa shape index (κ2) is 10.1. The van der Waals surface area contributed by atoms with Crippen LogP contribution in [0.1, 0.15) is 42.5 Å². The Morgan fingerprint density at radius 2 is 1.58 bits per heavy atom. The van der Waals surface area contributed by atoms with Crippen molar-refractivity contribution in [2.45, 2.75) is 46.3 Å². The molecule has 1 N–H and O–H groups in total. The summed E-state index contributed by atoms with van der Waals surface area (Å²) in [6.07, 6.45) is -2.26. The summed E-state index contributed by atoms with van der Waals surface area (Å²) in [5.41, 5.74) is 2.84. The number of rotatable bonds is 6. The van der Waals surface area contributed by atoms with Gasteiger partial charge in [0, 0.05) is 6.54 Å². The molecule has 132 valence electrons. The number of alkyl halides is 3. The lowest BCUT2D eigenvalue weighted by Crippen LogP contribution is -2.15. The van der Waals surface area contributed by atoms with Crippen molar-refractivity contribution in [3.63, 3.8) is 0 Å². The van der Waals surface area contributed by atoms with Crippen LogP contribution in [-0.2, 0) is 19.1 Å². The molecule has 0 fully saturated rings. The fourth-order valence-corrected chi connectivity index (χ4v) is 2.33. The SMILES string of the molecule is CC.Cc1cccc(CCCNCc2ccc(C(F)(F)F)cc2)c1. The van der Waals surface area contributed by atoms with E-state index in [4.69, 9.17) is 0 Å². The maximum atomic E-state index is 12.4. The third-order valence-electron chi connectivity index (χ3n) is 3.51. The second-order valence-corrected chi connectivity index (χ2v) is 5.46. The van der Waals surface area contributed by atoms with Gasteiger partial charge in [-0.25, -0.2) is 0 Å². The van der Waals surface area contributed by atoms with Crippen molar-refractivity contribution < 1.29 is 13.2 Å². The van der Waals surface area contributed by atoms with E-state index in [1.54, 1.807) is 0 Å². The Morgan fingerprint density at radius 3 is 2.17 bits per heavy atom. The Morgan fingerprint density at radius 1 is 0.917 bits per heavy atom. The van der Waals surface area contributed by atoms with Crippen LogP contribution >= 0.6 is 0 Å². The van der Waals surface area contributed by atoms with Crippen LogP contribution in [0.15, 0.2) is 48.5 Å². The van der Waals surface area contributed by atoms with Gasteiger partial charge in [0.1, 0.15) is 0 Å². The van der Waals surface area contributed by atoms with Crippen LogP contribution < -0.4 is 5.32 Å². The van der Waals surface area contributed by atoms with E-state index in [1.165, 1.54) is 23.3 Å². The highest BCUT2D eigenvalue weighted by atomic mass is 19.4. The minimum Gasteiger partial charge on any atom is -0.313 e. The van der Waals surface area contributed by atoms with Crippen LogP contribution in [0.25, 0.3) is 0 Å². The summed E-state index contributed by atoms with van der Waals surface area (Å²) in [7, 11) is 0. The molecular formula is C20H26F3N. The van der Waals surface area contributed by atoms with Gasteiger partial charge in [-0.2, -0.15) is 13.2 Å². The molecule has 0 saturated carbocycles. The highest BCUT2D eigenvalue weighted by molar-refractivity contribution is 5.24. The predicted octanol–water partition coefficient (Wildman–Crippen LogP) is 5.76. The number of aryl methyl sites for hydroxylation is 2. The van der Waals surface area contributed by atoms with Gasteiger partial charge in [0.15, 0.2) is 0 Å². The van der Waals surface area contributed by atoms with Crippen LogP contribution in [0, 0.1) is 6.92 Å². The molecule has 0 aliphatic rings. The number of hydrogen-bond donors (Lipinski definition) is 1. The number of nitrogens with one attached hydrogen (secondary N) is 1. The van der Waals surface area contributed by atoms with Crippen LogP contribution in [0.3, 0.4) is 0 Å². The standard InChI is InChI=1S/C18H20F3N.C2H6/c1-14-4-2-5-15(12-14)6-3-11-22-13-16-7-9-17(10-8-16)18(19,20)21;1-2/h2,4-5,7-10,12,22H,3,6,11,13H2,1H3;1-2H3. The first-order valence-corrected chi connectivity index (χ1v) is 8.37. The lowest BCUT2D eigenvalue weighted by atomic mass is 10.1. The topological polar surface area (TPSA) is 12.0 Å². The molecule has 0 aliphatic carbocycles. The monoisotopic (exact) mass is 337 g/mol. The van der Waals surface area contributed by atoms with Crippen molar-refractivity contribution in [3.8, 4) is 0 Å². The molecule has 0 heterocycles. The molecular weight excluding hydrogens is 311 g/mol. The summed E-state index contributed by atoms with van der Waals surface area (Å²) in [6.45, 7) is 7.51. The summed E-state index contributed by atoms with van der Waals surface area (Å²) >= 11 is 0. The molecule has 0 aromatic heterocycles. The zero-order valence-corrected chi connectivity index (χ0v) is 14.6. The van der Waals surface area contributed by atoms with E-state index in [2.05, 4.69) is 36.5 Å². The molecule has 2 aromatic rings. The van der Waals surface area contributed by atoms with Gasteiger partial charge in [0.05, 0.1) is 5.56 Å². The molecule has 0 bridgehead atoms. The lowest BCUT2D eigenvalue weighted by molar-refractivity contribution is -0.137. The summed E-state index contributed by atoms with van der Waals surface area (Å²) < 4.78 is 37.3. The molecule has 0 atom stereocenters. The summed E-state index contributed by atoms with van der Waals surface area (Å²) in [5.74, 6) is 0. The fourth-order valence-electron chi connectivity index (χ4n) is 2.33. The fraction of sp³-hybridized carbons (Fsp3) is 0.400. The van der Waals surface area contributed by atoms with E-state index in [0.717, 1.165) is 37.1 Å². The average Bonchev–Trinajstić information content (AvgIpc) is 2.56. The molecule has 24 heavy (non-hydrogen) atoms. The first-order valence-electron chi connectivity index (χ1n) is 8.37. The highest BCUT2D eigenvalue weighted by Crippen LogP contribution is 2.29. The largest absolute Gasteiger partial charge is 0.416 e. The van der Waals surface area contributed by atoms with Crippen LogP contribution in [0.2, 0.25) is 0 Å². The lowest BCUT2D eigenvalue weighted by Gasteiger charge is -2.08. The first-order chi connectivity index (χ1) is 11.4. The molecule has 2 aromatic carbocycles. The maximum absolute atomic E-state index is 12.4. The van der Waals surface area contributed by atoms with Gasteiger partial charge in [-0.1, -0.05) is 55.8 Å². The second-order valence-electron chi connectivity index (χ2n) is 5.46. The van der Waals surface area contributed by atoms with E-state index in [1.807, 2.05) is 13.8 Å². The van der Waals surface area contributed by atoms with Gasteiger partial charge >= 0.3 is 6.18 Å².